The van der Waals surface area contributed by atoms with E-state index in [9.17, 15) is 4.79 Å². The number of nitrogens with zero attached hydrogens (tertiary/aromatic N) is 1. The number of methoxy groups -OCH3 is 1. The highest BCUT2D eigenvalue weighted by Crippen LogP contribution is 2.26. The number of ether oxygens (including phenoxy) is 2. The molecule has 1 saturated carbocycles. The number of pyridine rings is 1. The van der Waals surface area contributed by atoms with E-state index in [0.29, 0.717) is 5.69 Å². The predicted molar refractivity (Wildman–Crippen MR) is 57.9 cm³/mol. The highest BCUT2D eigenvalue weighted by Gasteiger charge is 2.32. The number of nitrogen functional groups attached to an aromatic ring is 1. The van der Waals surface area contributed by atoms with Crippen LogP contribution in [-0.4, -0.2) is 30.3 Å². The molecule has 2 N–H and O–H groups in total. The molecule has 0 unspecified atom stereocenters. The Morgan fingerprint density at radius 3 is 2.88 bits per heavy atom. The Morgan fingerprint density at radius 2 is 2.25 bits per heavy atom. The summed E-state index contributed by atoms with van der Waals surface area (Å²) in [6.07, 6.45) is 3.15. The summed E-state index contributed by atoms with van der Waals surface area (Å²) in [6.45, 7) is 0. The van der Waals surface area contributed by atoms with Crippen LogP contribution in [-0.2, 0) is 9.47 Å². The van der Waals surface area contributed by atoms with Gasteiger partial charge in [-0.15, -0.1) is 0 Å². The molecule has 5 heteroatoms. The molecule has 1 aliphatic carbocycles. The number of hydrogen-bond donors (Lipinski definition) is 1. The van der Waals surface area contributed by atoms with Gasteiger partial charge in [0.2, 0.25) is 0 Å². The molecular weight excluding hydrogens is 208 g/mol. The van der Waals surface area contributed by atoms with Gasteiger partial charge in [-0.05, 0) is 12.1 Å². The Balaban J connectivity index is 1.92. The van der Waals surface area contributed by atoms with Crippen molar-refractivity contribution in [3.63, 3.8) is 0 Å². The molecule has 1 aromatic heterocycles. The maximum Gasteiger partial charge on any atom is 0.359 e. The Bertz CT molecular complexity index is 389. The first kappa shape index (κ1) is 10.9. The van der Waals surface area contributed by atoms with E-state index in [1.165, 1.54) is 6.20 Å². The van der Waals surface area contributed by atoms with Crippen LogP contribution in [0.1, 0.15) is 23.3 Å². The van der Waals surface area contributed by atoms with Crippen molar-refractivity contribution in [2.75, 3.05) is 12.8 Å². The Kier molecular flexibility index (Phi) is 3.05. The zero-order chi connectivity index (χ0) is 11.5. The van der Waals surface area contributed by atoms with Crippen LogP contribution < -0.4 is 5.73 Å². The number of anilines is 1. The molecule has 0 aliphatic heterocycles. The number of esters is 1. The minimum atomic E-state index is -0.461. The molecule has 86 valence electrons. The number of hydrogen-bond acceptors (Lipinski definition) is 5. The molecule has 0 amide bonds. The lowest BCUT2D eigenvalue weighted by Crippen LogP contribution is -2.38. The maximum atomic E-state index is 11.7. The molecule has 5 nitrogen and oxygen atoms in total. The largest absolute Gasteiger partial charge is 0.457 e. The molecule has 0 atom stereocenters. The SMILES string of the molecule is COC1CC(OC(=O)c2ncccc2N)C1. The molecule has 0 bridgehead atoms. The third-order valence-electron chi connectivity index (χ3n) is 2.69. The van der Waals surface area contributed by atoms with Crippen molar-refractivity contribution in [1.29, 1.82) is 0 Å². The van der Waals surface area contributed by atoms with Gasteiger partial charge < -0.3 is 15.2 Å². The van der Waals surface area contributed by atoms with Gasteiger partial charge in [-0.25, -0.2) is 9.78 Å². The average molecular weight is 222 g/mol. The molecule has 1 aromatic rings. The fraction of sp³-hybridized carbons (Fsp3) is 0.455. The van der Waals surface area contributed by atoms with Gasteiger partial charge in [0.25, 0.3) is 0 Å². The summed E-state index contributed by atoms with van der Waals surface area (Å²) in [5.41, 5.74) is 6.15. The second-order valence-electron chi connectivity index (χ2n) is 3.80. The normalized spacial score (nSPS) is 23.6. The summed E-state index contributed by atoms with van der Waals surface area (Å²) in [4.78, 5) is 15.6. The van der Waals surface area contributed by atoms with E-state index >= 15 is 0 Å². The van der Waals surface area contributed by atoms with E-state index in [2.05, 4.69) is 4.98 Å². The first-order valence-corrected chi connectivity index (χ1v) is 5.15. The quantitative estimate of drug-likeness (QED) is 0.772. The number of aromatic nitrogens is 1. The van der Waals surface area contributed by atoms with Crippen molar-refractivity contribution < 1.29 is 14.3 Å². The zero-order valence-corrected chi connectivity index (χ0v) is 9.05. The predicted octanol–water partition coefficient (Wildman–Crippen LogP) is 0.998. The van der Waals surface area contributed by atoms with Gasteiger partial charge in [0.15, 0.2) is 5.69 Å². The first-order valence-electron chi connectivity index (χ1n) is 5.15. The van der Waals surface area contributed by atoms with E-state index in [1.807, 2.05) is 0 Å². The van der Waals surface area contributed by atoms with Crippen molar-refractivity contribution in [3.8, 4) is 0 Å². The van der Waals surface area contributed by atoms with E-state index in [1.54, 1.807) is 19.2 Å². The van der Waals surface area contributed by atoms with Gasteiger partial charge in [0.05, 0.1) is 11.8 Å². The minimum absolute atomic E-state index is 0.0705. The van der Waals surface area contributed by atoms with Gasteiger partial charge in [0.1, 0.15) is 6.10 Å². The number of carbonyl (C=O) groups excluding carboxylic acids is 1. The molecule has 2 rings (SSSR count). The average Bonchev–Trinajstić information content (AvgIpc) is 2.23. The van der Waals surface area contributed by atoms with Gasteiger partial charge in [0, 0.05) is 26.1 Å². The van der Waals surface area contributed by atoms with Gasteiger partial charge in [-0.1, -0.05) is 0 Å². The van der Waals surface area contributed by atoms with Crippen LogP contribution in [0.2, 0.25) is 0 Å². The highest BCUT2D eigenvalue weighted by atomic mass is 16.6. The van der Waals surface area contributed by atoms with Crippen LogP contribution in [0.5, 0.6) is 0 Å². The van der Waals surface area contributed by atoms with Crippen LogP contribution in [0, 0.1) is 0 Å². The highest BCUT2D eigenvalue weighted by molar-refractivity contribution is 5.92. The molecule has 1 heterocycles. The summed E-state index contributed by atoms with van der Waals surface area (Å²) in [5.74, 6) is -0.461. The van der Waals surface area contributed by atoms with Gasteiger partial charge >= 0.3 is 5.97 Å². The molecule has 0 aromatic carbocycles. The first-order chi connectivity index (χ1) is 7.70. The molecular formula is C11H14N2O3. The van der Waals surface area contributed by atoms with Gasteiger partial charge in [-0.2, -0.15) is 0 Å². The van der Waals surface area contributed by atoms with E-state index in [0.717, 1.165) is 12.8 Å². The molecule has 16 heavy (non-hydrogen) atoms. The summed E-state index contributed by atoms with van der Waals surface area (Å²) < 4.78 is 10.3. The summed E-state index contributed by atoms with van der Waals surface area (Å²) in [6, 6.07) is 3.30. The summed E-state index contributed by atoms with van der Waals surface area (Å²) >= 11 is 0. The Hall–Kier alpha value is -1.62. The monoisotopic (exact) mass is 222 g/mol. The van der Waals surface area contributed by atoms with Crippen LogP contribution in [0.4, 0.5) is 5.69 Å². The van der Waals surface area contributed by atoms with Crippen LogP contribution >= 0.6 is 0 Å². The van der Waals surface area contributed by atoms with Crippen LogP contribution in [0.25, 0.3) is 0 Å². The summed E-state index contributed by atoms with van der Waals surface area (Å²) in [5, 5.41) is 0. The van der Waals surface area contributed by atoms with Gasteiger partial charge in [-0.3, -0.25) is 0 Å². The third-order valence-corrected chi connectivity index (χ3v) is 2.69. The number of carbonyl (C=O) groups is 1. The maximum absolute atomic E-state index is 11.7. The lowest BCUT2D eigenvalue weighted by Gasteiger charge is -2.33. The van der Waals surface area contributed by atoms with E-state index in [-0.39, 0.29) is 17.9 Å². The van der Waals surface area contributed by atoms with Crippen molar-refractivity contribution >= 4 is 11.7 Å². The number of nitrogens with two attached hydrogens (primary N) is 1. The fourth-order valence-electron chi connectivity index (χ4n) is 1.60. The van der Waals surface area contributed by atoms with Crippen molar-refractivity contribution in [2.45, 2.75) is 25.0 Å². The number of rotatable bonds is 3. The van der Waals surface area contributed by atoms with Crippen molar-refractivity contribution in [3.05, 3.63) is 24.0 Å². The second kappa shape index (κ2) is 4.49. The second-order valence-corrected chi connectivity index (χ2v) is 3.80. The standard InChI is InChI=1S/C11H14N2O3/c1-15-7-5-8(6-7)16-11(14)10-9(12)3-2-4-13-10/h2-4,7-8H,5-6,12H2,1H3. The van der Waals surface area contributed by atoms with Crippen molar-refractivity contribution in [1.82, 2.24) is 4.98 Å². The smallest absolute Gasteiger partial charge is 0.359 e. The topological polar surface area (TPSA) is 74.4 Å². The molecule has 0 saturated heterocycles. The van der Waals surface area contributed by atoms with E-state index in [4.69, 9.17) is 15.2 Å². The molecule has 0 spiro atoms. The van der Waals surface area contributed by atoms with Crippen LogP contribution in [0.15, 0.2) is 18.3 Å². The molecule has 1 fully saturated rings. The summed E-state index contributed by atoms with van der Waals surface area (Å²) in [7, 11) is 1.65. The van der Waals surface area contributed by atoms with Crippen molar-refractivity contribution in [2.24, 2.45) is 0 Å². The van der Waals surface area contributed by atoms with Crippen LogP contribution in [0.3, 0.4) is 0 Å². The Morgan fingerprint density at radius 1 is 1.50 bits per heavy atom. The lowest BCUT2D eigenvalue weighted by molar-refractivity contribution is -0.0642. The zero-order valence-electron chi connectivity index (χ0n) is 9.05. The third kappa shape index (κ3) is 2.14. The lowest BCUT2D eigenvalue weighted by atomic mass is 9.92. The molecule has 0 radical (unpaired) electrons. The minimum Gasteiger partial charge on any atom is -0.457 e. The molecule has 1 aliphatic rings. The Labute approximate surface area is 93.6 Å². The van der Waals surface area contributed by atoms with E-state index < -0.39 is 5.97 Å². The fourth-order valence-corrected chi connectivity index (χ4v) is 1.60.